The molecule has 1 amide bonds. The Morgan fingerprint density at radius 3 is 2.16 bits per heavy atom. The van der Waals surface area contributed by atoms with Gasteiger partial charge in [0.25, 0.3) is 0 Å². The van der Waals surface area contributed by atoms with Crippen molar-refractivity contribution in [1.82, 2.24) is 5.32 Å². The summed E-state index contributed by atoms with van der Waals surface area (Å²) in [5.41, 5.74) is 1.46. The number of carbonyl (C=O) groups excluding carboxylic acids is 1. The van der Waals surface area contributed by atoms with Gasteiger partial charge >= 0.3 is 5.97 Å². The fourth-order valence-corrected chi connectivity index (χ4v) is 2.62. The van der Waals surface area contributed by atoms with Crippen LogP contribution in [0.4, 0.5) is 0 Å². The Morgan fingerprint density at radius 2 is 1.64 bits per heavy atom. The van der Waals surface area contributed by atoms with Gasteiger partial charge in [0.05, 0.1) is 7.11 Å². The second-order valence-corrected chi connectivity index (χ2v) is 6.21. The maximum atomic E-state index is 12.3. The largest absolute Gasteiger partial charge is 0.497 e. The zero-order valence-electron chi connectivity index (χ0n) is 14.0. The summed E-state index contributed by atoms with van der Waals surface area (Å²) in [6, 6.07) is 12.7. The van der Waals surface area contributed by atoms with Crippen molar-refractivity contribution in [3.63, 3.8) is 0 Å². The van der Waals surface area contributed by atoms with E-state index in [-0.39, 0.29) is 18.2 Å². The molecule has 2 aromatic carbocycles. The number of rotatable bonds is 7. The second kappa shape index (κ2) is 8.53. The van der Waals surface area contributed by atoms with Gasteiger partial charge in [-0.1, -0.05) is 42.8 Å². The van der Waals surface area contributed by atoms with Gasteiger partial charge in [-0.3, -0.25) is 4.79 Å². The minimum atomic E-state index is -1.12. The maximum absolute atomic E-state index is 12.3. The number of methoxy groups -OCH3 is 1. The van der Waals surface area contributed by atoms with Crippen LogP contribution in [-0.2, 0) is 9.59 Å². The van der Waals surface area contributed by atoms with Crippen LogP contribution in [-0.4, -0.2) is 24.1 Å². The molecule has 25 heavy (non-hydrogen) atoms. The molecular formula is C19H20ClNO4. The molecule has 5 nitrogen and oxygen atoms in total. The Morgan fingerprint density at radius 1 is 1.08 bits per heavy atom. The molecule has 2 aromatic rings. The van der Waals surface area contributed by atoms with E-state index in [1.54, 1.807) is 31.4 Å². The van der Waals surface area contributed by atoms with E-state index in [0.717, 1.165) is 11.3 Å². The van der Waals surface area contributed by atoms with Gasteiger partial charge in [-0.05, 0) is 41.3 Å². The molecule has 2 atom stereocenters. The first kappa shape index (κ1) is 18.8. The number of aliphatic carboxylic acids is 1. The molecule has 0 aromatic heterocycles. The van der Waals surface area contributed by atoms with Crippen LogP contribution in [0.1, 0.15) is 36.4 Å². The van der Waals surface area contributed by atoms with Crippen molar-refractivity contribution >= 4 is 23.5 Å². The summed E-state index contributed by atoms with van der Waals surface area (Å²) in [5, 5.41) is 12.5. The average molecular weight is 362 g/mol. The highest BCUT2D eigenvalue weighted by molar-refractivity contribution is 6.30. The molecule has 0 spiro atoms. The molecule has 6 heteroatoms. The zero-order valence-corrected chi connectivity index (χ0v) is 14.8. The minimum Gasteiger partial charge on any atom is -0.497 e. The van der Waals surface area contributed by atoms with E-state index in [2.05, 4.69) is 5.32 Å². The lowest BCUT2D eigenvalue weighted by Gasteiger charge is -2.17. The normalized spacial score (nSPS) is 12.9. The number of halogens is 1. The molecule has 0 saturated heterocycles. The van der Waals surface area contributed by atoms with E-state index in [1.165, 1.54) is 0 Å². The van der Waals surface area contributed by atoms with Gasteiger partial charge in [-0.2, -0.15) is 0 Å². The number of carboxylic acid groups (broad SMARTS) is 1. The fraction of sp³-hybridized carbons (Fsp3) is 0.263. The topological polar surface area (TPSA) is 75.6 Å². The lowest BCUT2D eigenvalue weighted by Crippen LogP contribution is -2.34. The smallest absolute Gasteiger partial charge is 0.330 e. The molecule has 132 valence electrons. The number of ether oxygens (including phenoxy) is 1. The fourth-order valence-electron chi connectivity index (χ4n) is 2.49. The van der Waals surface area contributed by atoms with Crippen LogP contribution in [0.3, 0.4) is 0 Å². The third-order valence-corrected chi connectivity index (χ3v) is 4.18. The van der Waals surface area contributed by atoms with Crippen molar-refractivity contribution in [3.8, 4) is 5.75 Å². The Balaban J connectivity index is 2.02. The molecule has 0 aliphatic rings. The van der Waals surface area contributed by atoms with E-state index in [9.17, 15) is 14.7 Å². The molecule has 2 N–H and O–H groups in total. The summed E-state index contributed by atoms with van der Waals surface area (Å²) in [5.74, 6) is -0.752. The number of hydrogen-bond acceptors (Lipinski definition) is 3. The van der Waals surface area contributed by atoms with E-state index < -0.39 is 12.0 Å². The Bertz CT molecular complexity index is 728. The van der Waals surface area contributed by atoms with Gasteiger partial charge < -0.3 is 15.2 Å². The number of carbonyl (C=O) groups is 2. The minimum absolute atomic E-state index is 0.0504. The summed E-state index contributed by atoms with van der Waals surface area (Å²) in [6.45, 7) is 1.92. The van der Waals surface area contributed by atoms with Crippen LogP contribution in [0.25, 0.3) is 0 Å². The zero-order chi connectivity index (χ0) is 18.4. The summed E-state index contributed by atoms with van der Waals surface area (Å²) < 4.78 is 5.11. The van der Waals surface area contributed by atoms with Crippen molar-refractivity contribution in [3.05, 3.63) is 64.7 Å². The van der Waals surface area contributed by atoms with E-state index >= 15 is 0 Å². The second-order valence-electron chi connectivity index (χ2n) is 5.77. The average Bonchev–Trinajstić information content (AvgIpc) is 2.60. The van der Waals surface area contributed by atoms with Crippen LogP contribution < -0.4 is 10.1 Å². The van der Waals surface area contributed by atoms with Gasteiger partial charge in [-0.25, -0.2) is 4.79 Å². The molecule has 2 rings (SSSR count). The number of amides is 1. The lowest BCUT2D eigenvalue weighted by molar-refractivity contribution is -0.142. The van der Waals surface area contributed by atoms with Crippen LogP contribution in [0.15, 0.2) is 48.5 Å². The molecule has 0 fully saturated rings. The SMILES string of the molecule is COc1ccc(C(C)CC(=O)NC(C(=O)O)c2ccc(Cl)cc2)cc1. The molecule has 0 heterocycles. The molecule has 0 bridgehead atoms. The number of benzene rings is 2. The van der Waals surface area contributed by atoms with Crippen molar-refractivity contribution in [2.75, 3.05) is 7.11 Å². The Kier molecular flexibility index (Phi) is 6.42. The van der Waals surface area contributed by atoms with Gasteiger partial charge in [0.2, 0.25) is 5.91 Å². The first-order valence-corrected chi connectivity index (χ1v) is 8.20. The van der Waals surface area contributed by atoms with Crippen LogP contribution in [0.5, 0.6) is 5.75 Å². The maximum Gasteiger partial charge on any atom is 0.330 e. The first-order chi connectivity index (χ1) is 11.9. The summed E-state index contributed by atoms with van der Waals surface area (Å²) in [4.78, 5) is 23.8. The molecule has 0 aliphatic carbocycles. The van der Waals surface area contributed by atoms with Gasteiger partial charge in [0, 0.05) is 11.4 Å². The molecule has 0 radical (unpaired) electrons. The van der Waals surface area contributed by atoms with Crippen molar-refractivity contribution in [2.24, 2.45) is 0 Å². The monoisotopic (exact) mass is 361 g/mol. The van der Waals surface area contributed by atoms with Crippen LogP contribution in [0, 0.1) is 0 Å². The van der Waals surface area contributed by atoms with Gasteiger partial charge in [-0.15, -0.1) is 0 Å². The highest BCUT2D eigenvalue weighted by Crippen LogP contribution is 2.23. The Labute approximate surface area is 151 Å². The van der Waals surface area contributed by atoms with Crippen LogP contribution in [0.2, 0.25) is 5.02 Å². The lowest BCUT2D eigenvalue weighted by atomic mass is 9.97. The highest BCUT2D eigenvalue weighted by atomic mass is 35.5. The quantitative estimate of drug-likeness (QED) is 0.786. The third kappa shape index (κ3) is 5.22. The van der Waals surface area contributed by atoms with Crippen LogP contribution >= 0.6 is 11.6 Å². The predicted octanol–water partition coefficient (Wildman–Crippen LogP) is 3.78. The predicted molar refractivity (Wildman–Crippen MR) is 96.0 cm³/mol. The standard InChI is InChI=1S/C19H20ClNO4/c1-12(13-5-9-16(25-2)10-6-13)11-17(22)21-18(19(23)24)14-3-7-15(20)8-4-14/h3-10,12,18H,11H2,1-2H3,(H,21,22)(H,23,24). The van der Waals surface area contributed by atoms with Crippen molar-refractivity contribution in [2.45, 2.75) is 25.3 Å². The Hall–Kier alpha value is -2.53. The van der Waals surface area contributed by atoms with E-state index in [4.69, 9.17) is 16.3 Å². The molecule has 0 saturated carbocycles. The molecule has 2 unspecified atom stereocenters. The van der Waals surface area contributed by atoms with E-state index in [1.807, 2.05) is 31.2 Å². The van der Waals surface area contributed by atoms with Gasteiger partial charge in [0.1, 0.15) is 5.75 Å². The third-order valence-electron chi connectivity index (χ3n) is 3.93. The van der Waals surface area contributed by atoms with Gasteiger partial charge in [0.15, 0.2) is 6.04 Å². The van der Waals surface area contributed by atoms with E-state index in [0.29, 0.717) is 10.6 Å². The highest BCUT2D eigenvalue weighted by Gasteiger charge is 2.23. The number of nitrogens with one attached hydrogen (secondary N) is 1. The number of carboxylic acids is 1. The van der Waals surface area contributed by atoms with Crippen molar-refractivity contribution in [1.29, 1.82) is 0 Å². The first-order valence-electron chi connectivity index (χ1n) is 7.82. The summed E-state index contributed by atoms with van der Waals surface area (Å²) in [7, 11) is 1.59. The number of hydrogen-bond donors (Lipinski definition) is 2. The summed E-state index contributed by atoms with van der Waals surface area (Å²) in [6.07, 6.45) is 0.184. The summed E-state index contributed by atoms with van der Waals surface area (Å²) >= 11 is 5.82. The van der Waals surface area contributed by atoms with Crippen molar-refractivity contribution < 1.29 is 19.4 Å². The molecule has 0 aliphatic heterocycles. The molecular weight excluding hydrogens is 342 g/mol.